The Kier molecular flexibility index (Phi) is 35.4. The van der Waals surface area contributed by atoms with Crippen LogP contribution in [0.5, 0.6) is 0 Å². The normalized spacial score (nSPS) is 6.14. The zero-order valence-electron chi connectivity index (χ0n) is 4.06. The van der Waals surface area contributed by atoms with Gasteiger partial charge in [-0.2, -0.15) is 0 Å². The van der Waals surface area contributed by atoms with E-state index in [2.05, 4.69) is 0 Å². The Bertz CT molecular complexity index is 20.4. The van der Waals surface area contributed by atoms with Gasteiger partial charge in [0.1, 0.15) is 0 Å². The van der Waals surface area contributed by atoms with Gasteiger partial charge in [0.25, 0.3) is 0 Å². The summed E-state index contributed by atoms with van der Waals surface area (Å²) in [5.74, 6) is 0. The summed E-state index contributed by atoms with van der Waals surface area (Å²) in [5.41, 5.74) is 0. The van der Waals surface area contributed by atoms with Gasteiger partial charge in [-0.1, -0.05) is 0 Å². The van der Waals surface area contributed by atoms with Crippen LogP contribution in [0, 0.1) is 0 Å². The number of halogens is 1. The molecule has 1 N–H and O–H groups in total. The summed E-state index contributed by atoms with van der Waals surface area (Å²) in [4.78, 5) is 0. The van der Waals surface area contributed by atoms with Crippen molar-refractivity contribution in [2.24, 2.45) is 0 Å². The molecule has 0 fully saturated rings. The topological polar surface area (TPSA) is 48.7 Å². The second-order valence-corrected chi connectivity index (χ2v) is 2.41. The number of rotatable bonds is 2. The number of hydrogen-bond donors (Lipinski definition) is 1. The molecule has 0 aliphatic rings. The van der Waals surface area contributed by atoms with Crippen molar-refractivity contribution < 1.29 is 41.3 Å². The molecule has 0 spiro atoms. The minimum Gasteiger partial charge on any atom is -2.00 e. The first-order valence-corrected chi connectivity index (χ1v) is 3.91. The quantitative estimate of drug-likeness (QED) is 0.454. The van der Waals surface area contributed by atoms with E-state index in [0.29, 0.717) is 6.61 Å². The molecule has 0 unspecified atom stereocenters. The van der Waals surface area contributed by atoms with Crippen molar-refractivity contribution in [1.82, 2.24) is 0 Å². The average Bonchev–Trinajstić information content (AvgIpc) is 1.41. The molecule has 0 radical (unpaired) electrons. The average molecular weight is 176 g/mol. The predicted molar refractivity (Wildman–Crippen MR) is 17.2 cm³/mol. The molecule has 4 heteroatoms. The largest absolute Gasteiger partial charge is 2.00 e. The summed E-state index contributed by atoms with van der Waals surface area (Å²) in [5, 5.41) is 9.30. The first kappa shape index (κ1) is 15.7. The van der Waals surface area contributed by atoms with Crippen LogP contribution in [0.1, 0.15) is 6.42 Å². The van der Waals surface area contributed by atoms with E-state index in [4.69, 9.17) is 5.11 Å². The van der Waals surface area contributed by atoms with Crippen molar-refractivity contribution in [2.75, 3.05) is 6.61 Å². The summed E-state index contributed by atoms with van der Waals surface area (Å²) >= 11 is 1.32. The third kappa shape index (κ3) is 19.9. The van der Waals surface area contributed by atoms with Crippen molar-refractivity contribution in [1.29, 1.82) is 0 Å². The third-order valence-electron chi connectivity index (χ3n) is 0.408. The van der Waals surface area contributed by atoms with Gasteiger partial charge >= 0.3 is 41.5 Å². The maximum absolute atomic E-state index is 8.09. The molecule has 0 aromatic heterocycles. The fourth-order valence-corrected chi connectivity index (χ4v) is 0.581. The van der Waals surface area contributed by atoms with E-state index in [9.17, 15) is 0 Å². The molecule has 0 bridgehead atoms. The van der Waals surface area contributed by atoms with Gasteiger partial charge in [-0.05, 0) is 0 Å². The zero-order chi connectivity index (χ0) is 4.12. The second kappa shape index (κ2) is 15.8. The predicted octanol–water partition coefficient (Wildman–Crippen LogP) is -2.78. The second-order valence-electron chi connectivity index (χ2n) is 0.931. The van der Waals surface area contributed by atoms with Crippen molar-refractivity contribution in [3.8, 4) is 0 Å². The van der Waals surface area contributed by atoms with E-state index in [1.807, 2.05) is 0 Å². The van der Waals surface area contributed by atoms with Crippen LogP contribution in [0.3, 0.4) is 0 Å². The van der Waals surface area contributed by atoms with E-state index in [1.54, 1.807) is 0 Å². The fraction of sp³-hybridized carbons (Fsp3) is 1.00. The van der Waals surface area contributed by atoms with Crippen LogP contribution in [0.25, 0.3) is 0 Å². The smallest absolute Gasteiger partial charge is 1.00 e. The monoisotopic (exact) mass is 174 g/mol. The third-order valence-corrected chi connectivity index (χ3v) is 1.46. The molecule has 2 nitrogen and oxygen atoms in total. The van der Waals surface area contributed by atoms with E-state index in [-0.39, 0.29) is 17.9 Å². The van der Waals surface area contributed by atoms with E-state index < -0.39 is 0 Å². The Balaban J connectivity index is -0.0000000800. The van der Waals surface area contributed by atoms with Gasteiger partial charge in [-0.25, -0.2) is 0 Å². The molecule has 0 aliphatic heterocycles. The maximum atomic E-state index is 8.09. The number of aliphatic hydroxyl groups is 1. The Morgan fingerprint density at radius 2 is 1.86 bits per heavy atom. The summed E-state index contributed by atoms with van der Waals surface area (Å²) in [6, 6.07) is 0. The summed E-state index contributed by atoms with van der Waals surface area (Å²) in [6.07, 6.45) is 1.00. The van der Waals surface area contributed by atoms with E-state index in [0.717, 1.165) is 6.42 Å². The van der Waals surface area contributed by atoms with E-state index >= 15 is 0 Å². The molecule has 0 amide bonds. The van der Waals surface area contributed by atoms with Gasteiger partial charge in [-0.3, -0.25) is 0 Å². The molecule has 0 saturated carbocycles. The van der Waals surface area contributed by atoms with Crippen LogP contribution < -0.4 is 12.4 Å². The van der Waals surface area contributed by atoms with Crippen molar-refractivity contribution in [3.63, 3.8) is 0 Å². The van der Waals surface area contributed by atoms with Gasteiger partial charge in [0.05, 0.1) is 0 Å². The molecule has 0 heterocycles. The van der Waals surface area contributed by atoms with Gasteiger partial charge < -0.3 is 17.9 Å². The standard InChI is InChI=1S/C3H7O.ClH.O.Zn/c1-2-3-4;;;/h4H,1-3H2;1H;;/q;;-2;+1/p-1. The molecular formula is C3H7ClO2Zn-2. The molecule has 0 aliphatic carbocycles. The van der Waals surface area contributed by atoms with Crippen LogP contribution in [0.15, 0.2) is 0 Å². The van der Waals surface area contributed by atoms with E-state index in [1.165, 1.54) is 23.3 Å². The van der Waals surface area contributed by atoms with Gasteiger partial charge in [0, 0.05) is 0 Å². The molecule has 42 valence electrons. The summed E-state index contributed by atoms with van der Waals surface area (Å²) < 4.78 is 0. The Morgan fingerprint density at radius 3 is 1.86 bits per heavy atom. The summed E-state index contributed by atoms with van der Waals surface area (Å²) in [6.45, 7) is 0.375. The zero-order valence-corrected chi connectivity index (χ0v) is 7.78. The Labute approximate surface area is 59.7 Å². The molecule has 0 aromatic carbocycles. The van der Waals surface area contributed by atoms with Crippen LogP contribution >= 0.6 is 0 Å². The van der Waals surface area contributed by atoms with Crippen LogP contribution in [-0.2, 0) is 23.8 Å². The van der Waals surface area contributed by atoms with Gasteiger partial charge in [-0.15, -0.1) is 0 Å². The van der Waals surface area contributed by atoms with Gasteiger partial charge in [0.2, 0.25) is 0 Å². The molecule has 0 aromatic rings. The molecular weight excluding hydrogens is 169 g/mol. The van der Waals surface area contributed by atoms with Crippen molar-refractivity contribution in [2.45, 2.75) is 11.4 Å². The molecule has 0 saturated heterocycles. The van der Waals surface area contributed by atoms with Crippen molar-refractivity contribution in [3.05, 3.63) is 0 Å². The SMILES string of the molecule is OCC[CH2][Zn+].[Cl-].[O-2]. The first-order valence-electron chi connectivity index (χ1n) is 1.82. The minimum absolute atomic E-state index is 0. The summed E-state index contributed by atoms with van der Waals surface area (Å²) in [7, 11) is 0. The molecule has 0 rings (SSSR count). The fourth-order valence-electron chi connectivity index (χ4n) is 0.112. The number of hydrogen-bond acceptors (Lipinski definition) is 1. The van der Waals surface area contributed by atoms with Crippen molar-refractivity contribution >= 4 is 0 Å². The molecule has 0 atom stereocenters. The van der Waals surface area contributed by atoms with Crippen LogP contribution in [-0.4, -0.2) is 11.7 Å². The first-order chi connectivity index (χ1) is 2.41. The molecule has 7 heavy (non-hydrogen) atoms. The number of aliphatic hydroxyl groups excluding tert-OH is 1. The maximum Gasteiger partial charge on any atom is -1.00 e. The Morgan fingerprint density at radius 1 is 1.43 bits per heavy atom. The van der Waals surface area contributed by atoms with Crippen LogP contribution in [0.2, 0.25) is 5.02 Å². The van der Waals surface area contributed by atoms with Crippen LogP contribution in [0.4, 0.5) is 0 Å². The minimum atomic E-state index is 0. The Hall–Kier alpha value is 0.833. The van der Waals surface area contributed by atoms with Gasteiger partial charge in [0.15, 0.2) is 0 Å².